The van der Waals surface area contributed by atoms with E-state index in [0.717, 1.165) is 44.0 Å². The first-order valence-corrected chi connectivity index (χ1v) is 8.36. The minimum atomic E-state index is -0.549. The van der Waals surface area contributed by atoms with Gasteiger partial charge < -0.3 is 19.9 Å². The smallest absolute Gasteiger partial charge is 0.245 e. The lowest BCUT2D eigenvalue weighted by atomic mass is 9.86. The van der Waals surface area contributed by atoms with Gasteiger partial charge in [-0.15, -0.1) is 4.37 Å². The first-order chi connectivity index (χ1) is 10.2. The lowest BCUT2D eigenvalue weighted by Gasteiger charge is -2.40. The molecule has 2 atom stereocenters. The Morgan fingerprint density at radius 3 is 3.05 bits per heavy atom. The van der Waals surface area contributed by atoms with Crippen LogP contribution in [0.3, 0.4) is 0 Å². The van der Waals surface area contributed by atoms with Crippen LogP contribution in [-0.2, 0) is 4.74 Å². The van der Waals surface area contributed by atoms with Crippen molar-refractivity contribution in [1.82, 2.24) is 14.1 Å². The average molecular weight is 315 g/mol. The molecule has 1 fully saturated rings. The fraction of sp³-hybridized carbons (Fsp3) is 0.857. The lowest BCUT2D eigenvalue weighted by Crippen LogP contribution is -2.48. The van der Waals surface area contributed by atoms with Crippen molar-refractivity contribution in [3.8, 4) is 5.88 Å². The predicted molar refractivity (Wildman–Crippen MR) is 81.7 cm³/mol. The van der Waals surface area contributed by atoms with Gasteiger partial charge in [0.25, 0.3) is 0 Å². The number of nitrogens with zero attached hydrogens (tertiary/aromatic N) is 2. The van der Waals surface area contributed by atoms with E-state index >= 15 is 0 Å². The number of aromatic nitrogens is 2. The molecule has 6 nitrogen and oxygen atoms in total. The second-order valence-corrected chi connectivity index (χ2v) is 6.10. The summed E-state index contributed by atoms with van der Waals surface area (Å²) in [6.45, 7) is 5.89. The Hall–Kier alpha value is -0.760. The molecule has 0 aliphatic carbocycles. The summed E-state index contributed by atoms with van der Waals surface area (Å²) in [5.74, 6) is 0.473. The van der Waals surface area contributed by atoms with Crippen molar-refractivity contribution in [3.63, 3.8) is 0 Å². The van der Waals surface area contributed by atoms with Crippen LogP contribution >= 0.6 is 11.7 Å². The molecule has 0 radical (unpaired) electrons. The zero-order valence-corrected chi connectivity index (χ0v) is 13.6. The molecule has 21 heavy (non-hydrogen) atoms. The summed E-state index contributed by atoms with van der Waals surface area (Å²) in [6, 6.07) is 0.397. The highest BCUT2D eigenvalue weighted by Gasteiger charge is 2.34. The van der Waals surface area contributed by atoms with E-state index in [1.54, 1.807) is 6.20 Å². The van der Waals surface area contributed by atoms with Crippen molar-refractivity contribution in [2.24, 2.45) is 0 Å². The first-order valence-electron chi connectivity index (χ1n) is 7.63. The quantitative estimate of drug-likeness (QED) is 0.759. The van der Waals surface area contributed by atoms with Crippen LogP contribution in [0.2, 0.25) is 0 Å². The molecule has 1 aromatic heterocycles. The van der Waals surface area contributed by atoms with Crippen molar-refractivity contribution in [2.45, 2.75) is 57.3 Å². The third kappa shape index (κ3) is 4.88. The molecule has 0 saturated carbocycles. The van der Waals surface area contributed by atoms with Gasteiger partial charge in [0.2, 0.25) is 5.88 Å². The van der Waals surface area contributed by atoms with Crippen molar-refractivity contribution < 1.29 is 14.6 Å². The molecule has 0 aromatic carbocycles. The molecule has 1 aliphatic rings. The maximum atomic E-state index is 9.96. The summed E-state index contributed by atoms with van der Waals surface area (Å²) in [5.41, 5.74) is 0.00361. The van der Waals surface area contributed by atoms with Gasteiger partial charge in [0.05, 0.1) is 17.3 Å². The van der Waals surface area contributed by atoms with Gasteiger partial charge in [-0.2, -0.15) is 4.37 Å². The van der Waals surface area contributed by atoms with Gasteiger partial charge in [-0.05, 0) is 25.7 Å². The van der Waals surface area contributed by atoms with Gasteiger partial charge >= 0.3 is 0 Å². The molecule has 1 aliphatic heterocycles. The SMILES string of the molecule is CCC1(CC)CC(NCC(O)COc2cnsn2)CCO1. The fourth-order valence-corrected chi connectivity index (χ4v) is 3.07. The third-order valence-electron chi connectivity index (χ3n) is 4.19. The van der Waals surface area contributed by atoms with Gasteiger partial charge in [-0.1, -0.05) is 13.8 Å². The van der Waals surface area contributed by atoms with E-state index in [4.69, 9.17) is 9.47 Å². The summed E-state index contributed by atoms with van der Waals surface area (Å²) in [6.07, 6.45) is 5.07. The second-order valence-electron chi connectivity index (χ2n) is 5.55. The molecular formula is C14H25N3O3S. The Labute approximate surface area is 130 Å². The number of hydrogen-bond acceptors (Lipinski definition) is 7. The highest BCUT2D eigenvalue weighted by Crippen LogP contribution is 2.31. The molecule has 0 amide bonds. The Morgan fingerprint density at radius 2 is 2.38 bits per heavy atom. The minimum absolute atomic E-state index is 0.00361. The topological polar surface area (TPSA) is 76.5 Å². The molecule has 0 spiro atoms. The number of ether oxygens (including phenoxy) is 2. The molecule has 2 heterocycles. The lowest BCUT2D eigenvalue weighted by molar-refractivity contribution is -0.0939. The normalized spacial score (nSPS) is 22.9. The van der Waals surface area contributed by atoms with Crippen LogP contribution in [0.15, 0.2) is 6.20 Å². The van der Waals surface area contributed by atoms with Crippen LogP contribution < -0.4 is 10.1 Å². The summed E-state index contributed by atoms with van der Waals surface area (Å²) < 4.78 is 19.1. The van der Waals surface area contributed by atoms with Crippen molar-refractivity contribution in [1.29, 1.82) is 0 Å². The van der Waals surface area contributed by atoms with Crippen LogP contribution in [0.5, 0.6) is 5.88 Å². The van der Waals surface area contributed by atoms with E-state index in [0.29, 0.717) is 18.5 Å². The van der Waals surface area contributed by atoms with Gasteiger partial charge in [0.1, 0.15) is 18.9 Å². The van der Waals surface area contributed by atoms with Gasteiger partial charge in [-0.25, -0.2) is 0 Å². The molecular weight excluding hydrogens is 290 g/mol. The van der Waals surface area contributed by atoms with E-state index in [2.05, 4.69) is 27.9 Å². The van der Waals surface area contributed by atoms with Crippen LogP contribution in [0.25, 0.3) is 0 Å². The predicted octanol–water partition coefficient (Wildman–Crippen LogP) is 1.61. The summed E-state index contributed by atoms with van der Waals surface area (Å²) in [7, 11) is 0. The van der Waals surface area contributed by atoms with Gasteiger partial charge in [0, 0.05) is 19.2 Å². The number of nitrogens with one attached hydrogen (secondary N) is 1. The van der Waals surface area contributed by atoms with Crippen molar-refractivity contribution in [3.05, 3.63) is 6.20 Å². The highest BCUT2D eigenvalue weighted by atomic mass is 32.1. The Morgan fingerprint density at radius 1 is 1.57 bits per heavy atom. The average Bonchev–Trinajstić information content (AvgIpc) is 3.04. The van der Waals surface area contributed by atoms with E-state index in [1.807, 2.05) is 0 Å². The third-order valence-corrected chi connectivity index (χ3v) is 4.65. The summed E-state index contributed by atoms with van der Waals surface area (Å²) in [4.78, 5) is 0. The molecule has 0 bridgehead atoms. The number of rotatable bonds is 8. The van der Waals surface area contributed by atoms with Crippen LogP contribution in [0.4, 0.5) is 0 Å². The number of hydrogen-bond donors (Lipinski definition) is 2. The van der Waals surface area contributed by atoms with Crippen LogP contribution in [-0.4, -0.2) is 51.4 Å². The summed E-state index contributed by atoms with van der Waals surface area (Å²) in [5, 5.41) is 13.4. The zero-order valence-electron chi connectivity index (χ0n) is 12.7. The van der Waals surface area contributed by atoms with Crippen LogP contribution in [0.1, 0.15) is 39.5 Å². The Bertz CT molecular complexity index is 398. The van der Waals surface area contributed by atoms with Crippen molar-refractivity contribution in [2.75, 3.05) is 19.8 Å². The van der Waals surface area contributed by atoms with Gasteiger partial charge in [-0.3, -0.25) is 0 Å². The Balaban J connectivity index is 1.69. The molecule has 2 rings (SSSR count). The molecule has 2 unspecified atom stereocenters. The first kappa shape index (κ1) is 16.6. The number of aliphatic hydroxyl groups excluding tert-OH is 1. The number of aliphatic hydroxyl groups is 1. The Kier molecular flexibility index (Phi) is 6.35. The van der Waals surface area contributed by atoms with Crippen molar-refractivity contribution >= 4 is 11.7 Å². The van der Waals surface area contributed by atoms with E-state index < -0.39 is 6.10 Å². The maximum Gasteiger partial charge on any atom is 0.245 e. The van der Waals surface area contributed by atoms with E-state index in [1.165, 1.54) is 0 Å². The second kappa shape index (κ2) is 8.03. The van der Waals surface area contributed by atoms with E-state index in [-0.39, 0.29) is 12.2 Å². The minimum Gasteiger partial charge on any atom is -0.473 e. The monoisotopic (exact) mass is 315 g/mol. The summed E-state index contributed by atoms with van der Waals surface area (Å²) >= 11 is 1.10. The molecule has 120 valence electrons. The fourth-order valence-electron chi connectivity index (χ4n) is 2.71. The molecule has 1 saturated heterocycles. The van der Waals surface area contributed by atoms with Crippen LogP contribution in [0, 0.1) is 0 Å². The van der Waals surface area contributed by atoms with Gasteiger partial charge in [0.15, 0.2) is 0 Å². The van der Waals surface area contributed by atoms with E-state index in [9.17, 15) is 5.11 Å². The highest BCUT2D eigenvalue weighted by molar-refractivity contribution is 6.99. The molecule has 7 heteroatoms. The maximum absolute atomic E-state index is 9.96. The zero-order chi connectivity index (χ0) is 15.1. The molecule has 2 N–H and O–H groups in total. The molecule has 1 aromatic rings. The standard InChI is InChI=1S/C14H25N3O3S/c1-3-14(4-2)7-11(5-6-20-14)15-8-12(18)10-19-13-9-16-21-17-13/h9,11-12,15,18H,3-8,10H2,1-2H3. The largest absolute Gasteiger partial charge is 0.473 e.